The molecule has 4 heteroatoms. The SMILES string of the molecule is CCC(=O)N1CC(N)CC(Cc2cccs2)C1. The van der Waals surface area contributed by atoms with Gasteiger partial charge in [0, 0.05) is 30.4 Å². The number of nitrogens with two attached hydrogens (primary N) is 1. The van der Waals surface area contributed by atoms with E-state index < -0.39 is 0 Å². The summed E-state index contributed by atoms with van der Waals surface area (Å²) in [4.78, 5) is 15.1. The molecular weight excluding hydrogens is 232 g/mol. The van der Waals surface area contributed by atoms with Crippen LogP contribution in [-0.2, 0) is 11.2 Å². The van der Waals surface area contributed by atoms with E-state index in [1.54, 1.807) is 11.3 Å². The standard InChI is InChI=1S/C13H20N2OS/c1-2-13(16)15-8-10(6-11(14)9-15)7-12-4-3-5-17-12/h3-5,10-11H,2,6-9,14H2,1H3. The number of hydrogen-bond donors (Lipinski definition) is 1. The molecule has 0 bridgehead atoms. The molecule has 1 aromatic heterocycles. The van der Waals surface area contributed by atoms with Crippen molar-refractivity contribution in [3.05, 3.63) is 22.4 Å². The van der Waals surface area contributed by atoms with Crippen LogP contribution >= 0.6 is 11.3 Å². The van der Waals surface area contributed by atoms with E-state index in [1.807, 2.05) is 11.8 Å². The van der Waals surface area contributed by atoms with Crippen LogP contribution < -0.4 is 5.73 Å². The van der Waals surface area contributed by atoms with Gasteiger partial charge in [0.05, 0.1) is 0 Å². The van der Waals surface area contributed by atoms with Crippen molar-refractivity contribution in [3.63, 3.8) is 0 Å². The van der Waals surface area contributed by atoms with Crippen LogP contribution in [0.3, 0.4) is 0 Å². The number of hydrogen-bond acceptors (Lipinski definition) is 3. The van der Waals surface area contributed by atoms with Gasteiger partial charge in [-0.3, -0.25) is 4.79 Å². The second kappa shape index (κ2) is 5.65. The molecule has 0 aliphatic carbocycles. The Morgan fingerprint density at radius 3 is 3.06 bits per heavy atom. The van der Waals surface area contributed by atoms with Crippen LogP contribution in [-0.4, -0.2) is 29.9 Å². The van der Waals surface area contributed by atoms with Gasteiger partial charge in [-0.05, 0) is 30.2 Å². The number of carbonyl (C=O) groups is 1. The number of piperidine rings is 1. The number of likely N-dealkylation sites (tertiary alicyclic amines) is 1. The highest BCUT2D eigenvalue weighted by Crippen LogP contribution is 2.23. The summed E-state index contributed by atoms with van der Waals surface area (Å²) in [7, 11) is 0. The lowest BCUT2D eigenvalue weighted by molar-refractivity contribution is -0.133. The zero-order valence-electron chi connectivity index (χ0n) is 10.3. The Labute approximate surface area is 107 Å². The monoisotopic (exact) mass is 252 g/mol. The first-order valence-electron chi connectivity index (χ1n) is 6.24. The van der Waals surface area contributed by atoms with Gasteiger partial charge in [-0.15, -0.1) is 11.3 Å². The van der Waals surface area contributed by atoms with Crippen molar-refractivity contribution in [1.29, 1.82) is 0 Å². The topological polar surface area (TPSA) is 46.3 Å². The van der Waals surface area contributed by atoms with Gasteiger partial charge in [-0.1, -0.05) is 13.0 Å². The number of nitrogens with zero attached hydrogens (tertiary/aromatic N) is 1. The second-order valence-electron chi connectivity index (χ2n) is 4.80. The molecule has 0 radical (unpaired) electrons. The molecule has 1 saturated heterocycles. The fourth-order valence-electron chi connectivity index (χ4n) is 2.53. The first-order chi connectivity index (χ1) is 8.19. The van der Waals surface area contributed by atoms with Gasteiger partial charge in [0.2, 0.25) is 5.91 Å². The molecule has 0 aromatic carbocycles. The molecule has 1 aromatic rings. The highest BCUT2D eigenvalue weighted by atomic mass is 32.1. The maximum absolute atomic E-state index is 11.7. The minimum atomic E-state index is 0.143. The Balaban J connectivity index is 1.96. The summed E-state index contributed by atoms with van der Waals surface area (Å²) in [6, 6.07) is 4.39. The quantitative estimate of drug-likeness (QED) is 0.892. The summed E-state index contributed by atoms with van der Waals surface area (Å²) >= 11 is 1.79. The van der Waals surface area contributed by atoms with Crippen molar-refractivity contribution in [3.8, 4) is 0 Å². The summed E-state index contributed by atoms with van der Waals surface area (Å²) in [5.74, 6) is 0.754. The summed E-state index contributed by atoms with van der Waals surface area (Å²) in [6.07, 6.45) is 2.67. The van der Waals surface area contributed by atoms with Crippen LogP contribution in [0.5, 0.6) is 0 Å². The number of rotatable bonds is 3. The summed E-state index contributed by atoms with van der Waals surface area (Å²) < 4.78 is 0. The third-order valence-electron chi connectivity index (χ3n) is 3.29. The van der Waals surface area contributed by atoms with E-state index in [-0.39, 0.29) is 11.9 Å². The molecule has 2 unspecified atom stereocenters. The molecule has 2 heterocycles. The number of thiophene rings is 1. The highest BCUT2D eigenvalue weighted by molar-refractivity contribution is 7.09. The average Bonchev–Trinajstić information content (AvgIpc) is 2.80. The molecule has 3 nitrogen and oxygen atoms in total. The average molecular weight is 252 g/mol. The summed E-state index contributed by atoms with van der Waals surface area (Å²) in [5.41, 5.74) is 6.05. The Bertz CT molecular complexity index is 364. The van der Waals surface area contributed by atoms with Crippen LogP contribution in [0.1, 0.15) is 24.6 Å². The van der Waals surface area contributed by atoms with Gasteiger partial charge in [0.1, 0.15) is 0 Å². The molecular formula is C13H20N2OS. The van der Waals surface area contributed by atoms with Gasteiger partial charge in [-0.2, -0.15) is 0 Å². The molecule has 0 saturated carbocycles. The van der Waals surface area contributed by atoms with Gasteiger partial charge in [-0.25, -0.2) is 0 Å². The molecule has 0 spiro atoms. The Hall–Kier alpha value is -0.870. The third-order valence-corrected chi connectivity index (χ3v) is 4.19. The minimum Gasteiger partial charge on any atom is -0.341 e. The molecule has 1 amide bonds. The van der Waals surface area contributed by atoms with E-state index >= 15 is 0 Å². The molecule has 1 aliphatic rings. The number of amides is 1. The maximum atomic E-state index is 11.7. The summed E-state index contributed by atoms with van der Waals surface area (Å²) in [5, 5.41) is 2.10. The lowest BCUT2D eigenvalue weighted by Gasteiger charge is -2.36. The predicted molar refractivity (Wildman–Crippen MR) is 71.0 cm³/mol. The van der Waals surface area contributed by atoms with E-state index in [0.29, 0.717) is 12.3 Å². The van der Waals surface area contributed by atoms with Gasteiger partial charge >= 0.3 is 0 Å². The van der Waals surface area contributed by atoms with Crippen molar-refractivity contribution in [2.45, 2.75) is 32.2 Å². The zero-order valence-corrected chi connectivity index (χ0v) is 11.1. The molecule has 1 fully saturated rings. The summed E-state index contributed by atoms with van der Waals surface area (Å²) in [6.45, 7) is 3.52. The first-order valence-corrected chi connectivity index (χ1v) is 7.12. The van der Waals surface area contributed by atoms with Gasteiger partial charge in [0.25, 0.3) is 0 Å². The molecule has 2 atom stereocenters. The smallest absolute Gasteiger partial charge is 0.222 e. The Morgan fingerprint density at radius 1 is 1.59 bits per heavy atom. The highest BCUT2D eigenvalue weighted by Gasteiger charge is 2.27. The van der Waals surface area contributed by atoms with E-state index in [4.69, 9.17) is 5.73 Å². The molecule has 94 valence electrons. The van der Waals surface area contributed by atoms with Crippen LogP contribution in [0, 0.1) is 5.92 Å². The van der Waals surface area contributed by atoms with Crippen molar-refractivity contribution >= 4 is 17.2 Å². The van der Waals surface area contributed by atoms with Crippen molar-refractivity contribution in [2.75, 3.05) is 13.1 Å². The second-order valence-corrected chi connectivity index (χ2v) is 5.83. The first kappa shape index (κ1) is 12.6. The van der Waals surface area contributed by atoms with Crippen molar-refractivity contribution in [1.82, 2.24) is 4.90 Å². The number of carbonyl (C=O) groups excluding carboxylic acids is 1. The lowest BCUT2D eigenvalue weighted by Crippen LogP contribution is -2.49. The van der Waals surface area contributed by atoms with E-state index in [1.165, 1.54) is 4.88 Å². The Kier molecular flexibility index (Phi) is 4.18. The largest absolute Gasteiger partial charge is 0.341 e. The zero-order chi connectivity index (χ0) is 12.3. The van der Waals surface area contributed by atoms with E-state index in [0.717, 1.165) is 25.9 Å². The predicted octanol–water partition coefficient (Wildman–Crippen LogP) is 1.88. The van der Waals surface area contributed by atoms with Crippen LogP contribution in [0.25, 0.3) is 0 Å². The minimum absolute atomic E-state index is 0.143. The van der Waals surface area contributed by atoms with E-state index in [2.05, 4.69) is 17.5 Å². The Morgan fingerprint density at radius 2 is 2.41 bits per heavy atom. The normalized spacial score (nSPS) is 24.9. The van der Waals surface area contributed by atoms with Gasteiger partial charge < -0.3 is 10.6 Å². The van der Waals surface area contributed by atoms with Crippen LogP contribution in [0.2, 0.25) is 0 Å². The third kappa shape index (κ3) is 3.30. The van der Waals surface area contributed by atoms with Crippen LogP contribution in [0.4, 0.5) is 0 Å². The molecule has 2 rings (SSSR count). The molecule has 2 N–H and O–H groups in total. The van der Waals surface area contributed by atoms with Gasteiger partial charge in [0.15, 0.2) is 0 Å². The van der Waals surface area contributed by atoms with Crippen molar-refractivity contribution in [2.24, 2.45) is 11.7 Å². The van der Waals surface area contributed by atoms with Crippen LogP contribution in [0.15, 0.2) is 17.5 Å². The van der Waals surface area contributed by atoms with E-state index in [9.17, 15) is 4.79 Å². The fraction of sp³-hybridized carbons (Fsp3) is 0.615. The lowest BCUT2D eigenvalue weighted by atomic mass is 9.91. The molecule has 17 heavy (non-hydrogen) atoms. The molecule has 1 aliphatic heterocycles. The fourth-order valence-corrected chi connectivity index (χ4v) is 3.36. The van der Waals surface area contributed by atoms with Crippen molar-refractivity contribution < 1.29 is 4.79 Å². The maximum Gasteiger partial charge on any atom is 0.222 e.